The van der Waals surface area contributed by atoms with Crippen molar-refractivity contribution < 1.29 is 13.5 Å². The predicted octanol–water partition coefficient (Wildman–Crippen LogP) is 2.70. The molecule has 19 heavy (non-hydrogen) atoms. The number of rotatable bonds is 5. The van der Waals surface area contributed by atoms with Crippen LogP contribution in [0, 0.1) is 5.41 Å². The second-order valence-corrected chi connectivity index (χ2v) is 7.64. The molecular formula is C11H12Cl3NO3S. The fourth-order valence-corrected chi connectivity index (χ4v) is 4.37. The zero-order valence-electron chi connectivity index (χ0n) is 9.79. The maximum atomic E-state index is 12.2. The lowest BCUT2D eigenvalue weighted by Gasteiger charge is -2.14. The van der Waals surface area contributed by atoms with Crippen molar-refractivity contribution in [3.63, 3.8) is 0 Å². The molecule has 1 fully saturated rings. The van der Waals surface area contributed by atoms with Gasteiger partial charge in [-0.25, -0.2) is 13.1 Å². The Morgan fingerprint density at radius 3 is 2.16 bits per heavy atom. The van der Waals surface area contributed by atoms with E-state index in [0.29, 0.717) is 0 Å². The average molecular weight is 345 g/mol. The molecule has 0 atom stereocenters. The number of aliphatic hydroxyl groups excluding tert-OH is 1. The van der Waals surface area contributed by atoms with Gasteiger partial charge in [0.15, 0.2) is 0 Å². The molecule has 1 aromatic carbocycles. The third-order valence-corrected chi connectivity index (χ3v) is 5.70. The Bertz CT molecular complexity index is 576. The summed E-state index contributed by atoms with van der Waals surface area (Å²) in [6, 6.07) is 2.64. The first-order valence-corrected chi connectivity index (χ1v) is 8.16. The van der Waals surface area contributed by atoms with E-state index < -0.39 is 10.0 Å². The second kappa shape index (κ2) is 5.39. The molecule has 0 heterocycles. The Kier molecular flexibility index (Phi) is 4.35. The summed E-state index contributed by atoms with van der Waals surface area (Å²) in [6.07, 6.45) is 1.60. The Balaban J connectivity index is 2.25. The average Bonchev–Trinajstić information content (AvgIpc) is 3.05. The van der Waals surface area contributed by atoms with Crippen molar-refractivity contribution in [1.82, 2.24) is 4.72 Å². The summed E-state index contributed by atoms with van der Waals surface area (Å²) in [6.45, 7) is 0.124. The van der Waals surface area contributed by atoms with Gasteiger partial charge in [0.1, 0.15) is 4.90 Å². The number of hydrogen-bond acceptors (Lipinski definition) is 3. The lowest BCUT2D eigenvalue weighted by Crippen LogP contribution is -2.32. The van der Waals surface area contributed by atoms with E-state index >= 15 is 0 Å². The van der Waals surface area contributed by atoms with Crippen LogP contribution in [-0.4, -0.2) is 26.7 Å². The molecule has 2 N–H and O–H groups in total. The molecule has 0 aliphatic heterocycles. The first-order chi connectivity index (χ1) is 8.80. The molecule has 8 heteroatoms. The van der Waals surface area contributed by atoms with Crippen molar-refractivity contribution in [2.75, 3.05) is 13.2 Å². The number of benzene rings is 1. The highest BCUT2D eigenvalue weighted by Gasteiger charge is 2.43. The van der Waals surface area contributed by atoms with E-state index in [1.807, 2.05) is 0 Å². The Morgan fingerprint density at radius 2 is 1.74 bits per heavy atom. The molecule has 1 aliphatic carbocycles. The SMILES string of the molecule is O=S(=O)(NCC1(CO)CC1)c1c(Cl)cc(Cl)cc1Cl. The fraction of sp³-hybridized carbons (Fsp3) is 0.455. The van der Waals surface area contributed by atoms with Gasteiger partial charge >= 0.3 is 0 Å². The fourth-order valence-electron chi connectivity index (χ4n) is 1.67. The number of sulfonamides is 1. The van der Waals surface area contributed by atoms with Gasteiger partial charge in [0.2, 0.25) is 10.0 Å². The standard InChI is InChI=1S/C11H12Cl3NO3S/c12-7-3-8(13)10(9(14)4-7)19(17,18)15-5-11(6-16)1-2-11/h3-4,15-16H,1-2,5-6H2. The molecule has 1 aromatic rings. The predicted molar refractivity (Wildman–Crippen MR) is 75.4 cm³/mol. The van der Waals surface area contributed by atoms with Gasteiger partial charge in [0.05, 0.1) is 10.0 Å². The molecule has 0 spiro atoms. The minimum absolute atomic E-state index is 0.0288. The van der Waals surface area contributed by atoms with Gasteiger partial charge in [-0.15, -0.1) is 0 Å². The van der Waals surface area contributed by atoms with Gasteiger partial charge in [-0.2, -0.15) is 0 Å². The van der Waals surface area contributed by atoms with E-state index in [-0.39, 0.29) is 38.5 Å². The summed E-state index contributed by atoms with van der Waals surface area (Å²) in [7, 11) is -3.83. The van der Waals surface area contributed by atoms with Crippen LogP contribution in [0.3, 0.4) is 0 Å². The third-order valence-electron chi connectivity index (χ3n) is 3.16. The molecule has 0 amide bonds. The molecule has 0 saturated heterocycles. The van der Waals surface area contributed by atoms with Crippen LogP contribution in [0.4, 0.5) is 0 Å². The van der Waals surface area contributed by atoms with Crippen LogP contribution < -0.4 is 4.72 Å². The van der Waals surface area contributed by atoms with E-state index in [0.717, 1.165) is 12.8 Å². The van der Waals surface area contributed by atoms with Crippen LogP contribution in [0.5, 0.6) is 0 Å². The summed E-state index contributed by atoms with van der Waals surface area (Å²) >= 11 is 17.5. The molecule has 2 rings (SSSR count). The van der Waals surface area contributed by atoms with Crippen LogP contribution >= 0.6 is 34.8 Å². The van der Waals surface area contributed by atoms with Gasteiger partial charge in [-0.3, -0.25) is 0 Å². The zero-order valence-corrected chi connectivity index (χ0v) is 12.9. The number of nitrogens with one attached hydrogen (secondary N) is 1. The van der Waals surface area contributed by atoms with Gasteiger partial charge < -0.3 is 5.11 Å². The van der Waals surface area contributed by atoms with E-state index in [1.165, 1.54) is 12.1 Å². The normalized spacial score (nSPS) is 17.5. The first kappa shape index (κ1) is 15.4. The van der Waals surface area contributed by atoms with Crippen molar-refractivity contribution in [3.8, 4) is 0 Å². The highest BCUT2D eigenvalue weighted by molar-refractivity contribution is 7.89. The molecule has 106 valence electrons. The summed E-state index contributed by atoms with van der Waals surface area (Å²) in [5.41, 5.74) is -0.335. The Labute approximate surface area is 126 Å². The Morgan fingerprint density at radius 1 is 1.21 bits per heavy atom. The van der Waals surface area contributed by atoms with E-state index in [4.69, 9.17) is 39.9 Å². The number of hydrogen-bond donors (Lipinski definition) is 2. The van der Waals surface area contributed by atoms with E-state index in [9.17, 15) is 8.42 Å². The zero-order chi connectivity index (χ0) is 14.3. The van der Waals surface area contributed by atoms with Gasteiger partial charge in [0, 0.05) is 23.6 Å². The van der Waals surface area contributed by atoms with Crippen LogP contribution in [0.25, 0.3) is 0 Å². The maximum absolute atomic E-state index is 12.2. The van der Waals surface area contributed by atoms with E-state index in [1.54, 1.807) is 0 Å². The third kappa shape index (κ3) is 3.35. The van der Waals surface area contributed by atoms with Crippen LogP contribution in [-0.2, 0) is 10.0 Å². The lowest BCUT2D eigenvalue weighted by molar-refractivity contribution is 0.213. The highest BCUT2D eigenvalue weighted by atomic mass is 35.5. The minimum atomic E-state index is -3.83. The summed E-state index contributed by atoms with van der Waals surface area (Å²) in [5, 5.41) is 9.37. The smallest absolute Gasteiger partial charge is 0.243 e. The van der Waals surface area contributed by atoms with E-state index in [2.05, 4.69) is 4.72 Å². The molecule has 1 saturated carbocycles. The van der Waals surface area contributed by atoms with Gasteiger partial charge in [-0.1, -0.05) is 34.8 Å². The van der Waals surface area contributed by atoms with Crippen molar-refractivity contribution in [1.29, 1.82) is 0 Å². The van der Waals surface area contributed by atoms with Crippen molar-refractivity contribution in [2.45, 2.75) is 17.7 Å². The quantitative estimate of drug-likeness (QED) is 0.863. The molecule has 1 aliphatic rings. The first-order valence-electron chi connectivity index (χ1n) is 5.55. The molecule has 0 radical (unpaired) electrons. The van der Waals surface area contributed by atoms with Crippen LogP contribution in [0.1, 0.15) is 12.8 Å². The van der Waals surface area contributed by atoms with Crippen molar-refractivity contribution in [3.05, 3.63) is 27.2 Å². The molecule has 4 nitrogen and oxygen atoms in total. The largest absolute Gasteiger partial charge is 0.396 e. The molecular weight excluding hydrogens is 333 g/mol. The molecule has 0 bridgehead atoms. The van der Waals surface area contributed by atoms with Crippen LogP contribution in [0.2, 0.25) is 15.1 Å². The number of halogens is 3. The highest BCUT2D eigenvalue weighted by Crippen LogP contribution is 2.44. The van der Waals surface area contributed by atoms with Crippen LogP contribution in [0.15, 0.2) is 17.0 Å². The van der Waals surface area contributed by atoms with Gasteiger partial charge in [-0.05, 0) is 25.0 Å². The minimum Gasteiger partial charge on any atom is -0.396 e. The van der Waals surface area contributed by atoms with Crippen molar-refractivity contribution in [2.24, 2.45) is 5.41 Å². The Hall–Kier alpha value is -0.0400. The maximum Gasteiger partial charge on any atom is 0.243 e. The summed E-state index contributed by atoms with van der Waals surface area (Å²) in [4.78, 5) is -0.186. The summed E-state index contributed by atoms with van der Waals surface area (Å²) in [5.74, 6) is 0. The lowest BCUT2D eigenvalue weighted by atomic mass is 10.1. The second-order valence-electron chi connectivity index (χ2n) is 4.68. The van der Waals surface area contributed by atoms with Gasteiger partial charge in [0.25, 0.3) is 0 Å². The number of aliphatic hydroxyl groups is 1. The topological polar surface area (TPSA) is 66.4 Å². The van der Waals surface area contributed by atoms with Crippen molar-refractivity contribution >= 4 is 44.8 Å². The monoisotopic (exact) mass is 343 g/mol. The summed E-state index contributed by atoms with van der Waals surface area (Å²) < 4.78 is 26.8. The molecule has 0 unspecified atom stereocenters. The molecule has 0 aromatic heterocycles.